The van der Waals surface area contributed by atoms with Gasteiger partial charge in [-0.1, -0.05) is 13.8 Å². The summed E-state index contributed by atoms with van der Waals surface area (Å²) >= 11 is 0. The van der Waals surface area contributed by atoms with Gasteiger partial charge in [0.05, 0.1) is 11.6 Å². The zero-order chi connectivity index (χ0) is 12.5. The molecule has 0 aromatic carbocycles. The minimum atomic E-state index is -0.268. The first-order valence-electron chi connectivity index (χ1n) is 6.96. The molecule has 2 N–H and O–H groups in total. The summed E-state index contributed by atoms with van der Waals surface area (Å²) in [5.41, 5.74) is 6.06. The van der Waals surface area contributed by atoms with Crippen LogP contribution in [0.15, 0.2) is 0 Å². The molecule has 1 aliphatic heterocycles. The van der Waals surface area contributed by atoms with Gasteiger partial charge in [-0.15, -0.1) is 0 Å². The molecule has 1 spiro atoms. The molecule has 2 aliphatic rings. The zero-order valence-corrected chi connectivity index (χ0v) is 11.1. The molecule has 1 saturated heterocycles. The number of nitrogens with two attached hydrogens (primary N) is 1. The summed E-state index contributed by atoms with van der Waals surface area (Å²) in [6, 6.07) is -0.268. The lowest BCUT2D eigenvalue weighted by Crippen LogP contribution is -2.49. The van der Waals surface area contributed by atoms with Gasteiger partial charge in [-0.05, 0) is 44.4 Å². The number of carbonyl (C=O) groups is 1. The molecule has 0 aromatic rings. The molecule has 1 heterocycles. The van der Waals surface area contributed by atoms with Gasteiger partial charge in [-0.25, -0.2) is 0 Å². The van der Waals surface area contributed by atoms with Crippen LogP contribution in [-0.4, -0.2) is 24.0 Å². The summed E-state index contributed by atoms with van der Waals surface area (Å²) in [5, 5.41) is 0. The lowest BCUT2D eigenvalue weighted by atomic mass is 9.70. The number of Topliss-reactive ketones (excluding diaryl/α,β-unsaturated/α-hetero) is 1. The van der Waals surface area contributed by atoms with Gasteiger partial charge in [-0.2, -0.15) is 0 Å². The van der Waals surface area contributed by atoms with Crippen LogP contribution in [0.1, 0.15) is 52.4 Å². The van der Waals surface area contributed by atoms with Crippen LogP contribution in [0.5, 0.6) is 0 Å². The Kier molecular flexibility index (Phi) is 3.88. The van der Waals surface area contributed by atoms with E-state index in [0.717, 1.165) is 38.7 Å². The maximum absolute atomic E-state index is 12.3. The van der Waals surface area contributed by atoms with E-state index in [1.165, 1.54) is 6.42 Å². The molecule has 1 saturated carbocycles. The molecule has 2 fully saturated rings. The van der Waals surface area contributed by atoms with Gasteiger partial charge < -0.3 is 10.5 Å². The van der Waals surface area contributed by atoms with E-state index in [-0.39, 0.29) is 23.3 Å². The maximum atomic E-state index is 12.3. The molecule has 0 bridgehead atoms. The highest BCUT2D eigenvalue weighted by atomic mass is 16.5. The van der Waals surface area contributed by atoms with Crippen molar-refractivity contribution in [1.82, 2.24) is 0 Å². The standard InChI is InChI=1S/C14H25NO2/c1-10(2)8-12(15)13(16)11-4-7-17-14(9-11)5-3-6-14/h10-12H,3-9,15H2,1-2H3. The van der Waals surface area contributed by atoms with Crippen molar-refractivity contribution >= 4 is 5.78 Å². The van der Waals surface area contributed by atoms with Crippen LogP contribution in [-0.2, 0) is 9.53 Å². The Morgan fingerprint density at radius 3 is 2.71 bits per heavy atom. The van der Waals surface area contributed by atoms with Crippen LogP contribution in [0.2, 0.25) is 0 Å². The molecule has 3 nitrogen and oxygen atoms in total. The Balaban J connectivity index is 1.90. The molecule has 1 aliphatic carbocycles. The van der Waals surface area contributed by atoms with Crippen molar-refractivity contribution < 1.29 is 9.53 Å². The first kappa shape index (κ1) is 13.0. The van der Waals surface area contributed by atoms with Crippen molar-refractivity contribution in [1.29, 1.82) is 0 Å². The third-order valence-electron chi connectivity index (χ3n) is 4.25. The van der Waals surface area contributed by atoms with Crippen LogP contribution < -0.4 is 5.73 Å². The normalized spacial score (nSPS) is 29.1. The fourth-order valence-electron chi connectivity index (χ4n) is 3.12. The van der Waals surface area contributed by atoms with E-state index in [0.29, 0.717) is 5.92 Å². The van der Waals surface area contributed by atoms with Crippen molar-refractivity contribution in [2.75, 3.05) is 6.61 Å². The molecule has 3 heteroatoms. The van der Waals surface area contributed by atoms with Gasteiger partial charge >= 0.3 is 0 Å². The van der Waals surface area contributed by atoms with Gasteiger partial charge in [-0.3, -0.25) is 4.79 Å². The SMILES string of the molecule is CC(C)CC(N)C(=O)C1CCOC2(CCC2)C1. The van der Waals surface area contributed by atoms with E-state index < -0.39 is 0 Å². The van der Waals surface area contributed by atoms with E-state index in [4.69, 9.17) is 10.5 Å². The molecule has 0 aromatic heterocycles. The number of carbonyl (C=O) groups excluding carboxylic acids is 1. The predicted molar refractivity (Wildman–Crippen MR) is 67.7 cm³/mol. The van der Waals surface area contributed by atoms with Gasteiger partial charge in [0, 0.05) is 12.5 Å². The number of hydrogen-bond acceptors (Lipinski definition) is 3. The molecule has 98 valence electrons. The maximum Gasteiger partial charge on any atom is 0.152 e. The lowest BCUT2D eigenvalue weighted by molar-refractivity contribution is -0.156. The predicted octanol–water partition coefficient (Wildman–Crippen LogP) is 2.28. The molecule has 2 atom stereocenters. The third kappa shape index (κ3) is 2.89. The fourth-order valence-corrected chi connectivity index (χ4v) is 3.12. The van der Waals surface area contributed by atoms with Crippen molar-refractivity contribution in [3.63, 3.8) is 0 Å². The van der Waals surface area contributed by atoms with Gasteiger partial charge in [0.15, 0.2) is 5.78 Å². The van der Waals surface area contributed by atoms with Crippen LogP contribution in [0, 0.1) is 11.8 Å². The van der Waals surface area contributed by atoms with Crippen LogP contribution in [0.25, 0.3) is 0 Å². The summed E-state index contributed by atoms with van der Waals surface area (Å²) in [5.74, 6) is 0.914. The van der Waals surface area contributed by atoms with Gasteiger partial charge in [0.2, 0.25) is 0 Å². The Labute approximate surface area is 104 Å². The Bertz CT molecular complexity index is 284. The first-order chi connectivity index (χ1) is 8.02. The summed E-state index contributed by atoms with van der Waals surface area (Å²) in [4.78, 5) is 12.3. The lowest BCUT2D eigenvalue weighted by Gasteiger charge is -2.47. The van der Waals surface area contributed by atoms with Crippen LogP contribution in [0.4, 0.5) is 0 Å². The number of rotatable bonds is 4. The van der Waals surface area contributed by atoms with Crippen molar-refractivity contribution in [3.8, 4) is 0 Å². The summed E-state index contributed by atoms with van der Waals surface area (Å²) in [6.45, 7) is 4.97. The summed E-state index contributed by atoms with van der Waals surface area (Å²) < 4.78 is 5.85. The molecule has 2 unspecified atom stereocenters. The Morgan fingerprint density at radius 1 is 1.47 bits per heavy atom. The minimum absolute atomic E-state index is 0.0517. The number of ketones is 1. The largest absolute Gasteiger partial charge is 0.375 e. The molecule has 0 radical (unpaired) electrons. The van der Waals surface area contributed by atoms with Crippen molar-refractivity contribution in [3.05, 3.63) is 0 Å². The second-order valence-corrected chi connectivity index (χ2v) is 6.21. The third-order valence-corrected chi connectivity index (χ3v) is 4.25. The second kappa shape index (κ2) is 5.07. The average molecular weight is 239 g/mol. The highest BCUT2D eigenvalue weighted by molar-refractivity contribution is 5.86. The number of ether oxygens (including phenoxy) is 1. The average Bonchev–Trinajstić information content (AvgIpc) is 2.25. The number of hydrogen-bond donors (Lipinski definition) is 1. The van der Waals surface area contributed by atoms with E-state index in [9.17, 15) is 4.79 Å². The van der Waals surface area contributed by atoms with Gasteiger partial charge in [0.1, 0.15) is 0 Å². The molecular weight excluding hydrogens is 214 g/mol. The first-order valence-corrected chi connectivity index (χ1v) is 6.96. The second-order valence-electron chi connectivity index (χ2n) is 6.21. The molecular formula is C14H25NO2. The highest BCUT2D eigenvalue weighted by Crippen LogP contribution is 2.44. The fraction of sp³-hybridized carbons (Fsp3) is 0.929. The Hall–Kier alpha value is -0.410. The summed E-state index contributed by atoms with van der Waals surface area (Å²) in [7, 11) is 0. The van der Waals surface area contributed by atoms with E-state index >= 15 is 0 Å². The smallest absolute Gasteiger partial charge is 0.152 e. The Morgan fingerprint density at radius 2 is 2.18 bits per heavy atom. The molecule has 17 heavy (non-hydrogen) atoms. The van der Waals surface area contributed by atoms with Crippen molar-refractivity contribution in [2.24, 2.45) is 17.6 Å². The van der Waals surface area contributed by atoms with Crippen LogP contribution in [0.3, 0.4) is 0 Å². The van der Waals surface area contributed by atoms with Gasteiger partial charge in [0.25, 0.3) is 0 Å². The van der Waals surface area contributed by atoms with Crippen molar-refractivity contribution in [2.45, 2.75) is 64.0 Å². The molecule has 2 rings (SSSR count). The monoisotopic (exact) mass is 239 g/mol. The summed E-state index contributed by atoms with van der Waals surface area (Å²) in [6.07, 6.45) is 6.11. The molecule has 0 amide bonds. The topological polar surface area (TPSA) is 52.3 Å². The van der Waals surface area contributed by atoms with E-state index in [1.807, 2.05) is 0 Å². The van der Waals surface area contributed by atoms with Crippen LogP contribution >= 0.6 is 0 Å². The quantitative estimate of drug-likeness (QED) is 0.819. The highest BCUT2D eigenvalue weighted by Gasteiger charge is 2.44. The zero-order valence-electron chi connectivity index (χ0n) is 11.1. The minimum Gasteiger partial charge on any atom is -0.375 e. The van der Waals surface area contributed by atoms with E-state index in [1.54, 1.807) is 0 Å². The van der Waals surface area contributed by atoms with E-state index in [2.05, 4.69) is 13.8 Å².